The highest BCUT2D eigenvalue weighted by Gasteiger charge is 2.40. The van der Waals surface area contributed by atoms with Crippen LogP contribution < -0.4 is 10.1 Å². The Balaban J connectivity index is 2.12. The highest BCUT2D eigenvalue weighted by atomic mass is 28.3. The molecular weight excluding hydrogens is 410 g/mol. The molecule has 32 heavy (non-hydrogen) atoms. The quantitative estimate of drug-likeness (QED) is 0.205. The predicted molar refractivity (Wildman–Crippen MR) is 138 cm³/mol. The number of nitrogens with zero attached hydrogens (tertiary/aromatic N) is 5. The van der Waals surface area contributed by atoms with Gasteiger partial charge in [0.25, 0.3) is 0 Å². The van der Waals surface area contributed by atoms with Gasteiger partial charge in [-0.25, -0.2) is 4.58 Å². The van der Waals surface area contributed by atoms with Gasteiger partial charge in [0.05, 0.1) is 0 Å². The second-order valence-electron chi connectivity index (χ2n) is 9.44. The lowest BCUT2D eigenvalue weighted by molar-refractivity contribution is -0.462. The van der Waals surface area contributed by atoms with Crippen molar-refractivity contribution >= 4 is 35.9 Å². The molecule has 5 nitrogen and oxygen atoms in total. The second-order valence-corrected chi connectivity index (χ2v) is 13.8. The molecule has 4 rings (SSSR count). The molecule has 0 saturated heterocycles. The topological polar surface area (TPSA) is 55.0 Å². The summed E-state index contributed by atoms with van der Waals surface area (Å²) in [6, 6.07) is 12.8. The van der Waals surface area contributed by atoms with E-state index in [0.29, 0.717) is 5.69 Å². The van der Waals surface area contributed by atoms with E-state index in [9.17, 15) is 0 Å². The average molecular weight is 441 g/mol. The third-order valence-electron chi connectivity index (χ3n) is 6.58. The molecule has 2 aromatic carbocycles. The fourth-order valence-electron chi connectivity index (χ4n) is 4.66. The van der Waals surface area contributed by atoms with E-state index in [4.69, 9.17) is 5.53 Å². The molecule has 0 saturated carbocycles. The zero-order valence-electron chi connectivity index (χ0n) is 19.9. The van der Waals surface area contributed by atoms with Gasteiger partial charge in [0.2, 0.25) is 0 Å². The lowest BCUT2D eigenvalue weighted by Gasteiger charge is -2.38. The Morgan fingerprint density at radius 2 is 1.75 bits per heavy atom. The standard InChI is InChI=1S/C26H30N5Si/c1-17-8-9-18(28-29-27)14-23(17)26-21-12-10-19(30(2)3)15-24(21)32(6,7)25-16-20(31(4)5)11-13-22(25)26/h8-16H,1-7H3/q+1. The third kappa shape index (κ3) is 3.51. The van der Waals surface area contributed by atoms with Crippen molar-refractivity contribution in [2.75, 3.05) is 33.1 Å². The first-order chi connectivity index (χ1) is 15.1. The van der Waals surface area contributed by atoms with Crippen LogP contribution in [0, 0.1) is 6.92 Å². The zero-order chi connectivity index (χ0) is 23.2. The summed E-state index contributed by atoms with van der Waals surface area (Å²) in [5.74, 6) is 0. The monoisotopic (exact) mass is 440 g/mol. The summed E-state index contributed by atoms with van der Waals surface area (Å²) >= 11 is 0. The fraction of sp³-hybridized carbons (Fsp3) is 0.269. The smallest absolute Gasteiger partial charge is 0.199 e. The normalized spacial score (nSPS) is 16.1. The van der Waals surface area contributed by atoms with Crippen molar-refractivity contribution in [2.45, 2.75) is 20.0 Å². The van der Waals surface area contributed by atoms with Crippen LogP contribution in [0.4, 0.5) is 11.4 Å². The molecule has 0 amide bonds. The average Bonchev–Trinajstić information content (AvgIpc) is 2.75. The number of hydrogen-bond acceptors (Lipinski definition) is 2. The van der Waals surface area contributed by atoms with E-state index < -0.39 is 8.07 Å². The molecule has 2 aromatic rings. The first-order valence-electron chi connectivity index (χ1n) is 10.8. The van der Waals surface area contributed by atoms with Gasteiger partial charge in [-0.3, -0.25) is 0 Å². The van der Waals surface area contributed by atoms with Gasteiger partial charge in [-0.15, -0.1) is 0 Å². The molecular formula is C26H30N5Si+. The number of allylic oxidation sites excluding steroid dienone is 5. The highest BCUT2D eigenvalue weighted by Crippen LogP contribution is 2.43. The number of anilines is 1. The van der Waals surface area contributed by atoms with Gasteiger partial charge in [0, 0.05) is 42.5 Å². The molecule has 0 unspecified atom stereocenters. The summed E-state index contributed by atoms with van der Waals surface area (Å²) in [5, 5.41) is 6.76. The van der Waals surface area contributed by atoms with Gasteiger partial charge in [0.15, 0.2) is 5.71 Å². The molecule has 0 atom stereocenters. The van der Waals surface area contributed by atoms with Crippen LogP contribution >= 0.6 is 0 Å². The Morgan fingerprint density at radius 1 is 1.00 bits per heavy atom. The van der Waals surface area contributed by atoms with Crippen LogP contribution in [0.25, 0.3) is 16.0 Å². The van der Waals surface area contributed by atoms with E-state index in [-0.39, 0.29) is 0 Å². The summed E-state index contributed by atoms with van der Waals surface area (Å²) in [6.07, 6.45) is 6.85. The summed E-state index contributed by atoms with van der Waals surface area (Å²) in [7, 11) is 6.41. The third-order valence-corrected chi connectivity index (χ3v) is 10.1. The molecule has 162 valence electrons. The Hall–Kier alpha value is -3.34. The van der Waals surface area contributed by atoms with Crippen LogP contribution in [-0.2, 0) is 0 Å². The number of fused-ring (bicyclic) bond motifs is 2. The summed E-state index contributed by atoms with van der Waals surface area (Å²) in [5.41, 5.74) is 18.2. The van der Waals surface area contributed by atoms with E-state index in [2.05, 4.69) is 104 Å². The molecule has 0 bridgehead atoms. The Labute approximate surface area is 191 Å². The first-order valence-corrected chi connectivity index (χ1v) is 13.8. The minimum absolute atomic E-state index is 0.639. The van der Waals surface area contributed by atoms with Crippen LogP contribution in [0.2, 0.25) is 13.1 Å². The van der Waals surface area contributed by atoms with Crippen molar-refractivity contribution in [3.05, 3.63) is 92.5 Å². The van der Waals surface area contributed by atoms with E-state index in [1.807, 2.05) is 18.2 Å². The summed E-state index contributed by atoms with van der Waals surface area (Å²) in [6.45, 7) is 7.02. The van der Waals surface area contributed by atoms with Crippen LogP contribution in [0.5, 0.6) is 0 Å². The van der Waals surface area contributed by atoms with Crippen LogP contribution in [-0.4, -0.2) is 46.6 Å². The molecule has 2 aliphatic rings. The summed E-state index contributed by atoms with van der Waals surface area (Å²) in [4.78, 5) is 5.18. The Bertz CT molecular complexity index is 1300. The predicted octanol–water partition coefficient (Wildman–Crippen LogP) is 5.48. The van der Waals surface area contributed by atoms with E-state index >= 15 is 0 Å². The molecule has 0 spiro atoms. The van der Waals surface area contributed by atoms with E-state index in [0.717, 1.165) is 5.56 Å². The minimum Gasteiger partial charge on any atom is -0.378 e. The molecule has 1 aliphatic heterocycles. The Morgan fingerprint density at radius 3 is 2.41 bits per heavy atom. The molecule has 1 aliphatic carbocycles. The summed E-state index contributed by atoms with van der Waals surface area (Å²) < 4.78 is 2.17. The Kier molecular flexibility index (Phi) is 5.45. The molecule has 0 N–H and O–H groups in total. The van der Waals surface area contributed by atoms with Crippen molar-refractivity contribution in [1.82, 2.24) is 0 Å². The molecule has 1 heterocycles. The molecule has 0 radical (unpaired) electrons. The van der Waals surface area contributed by atoms with E-state index in [1.54, 1.807) is 0 Å². The van der Waals surface area contributed by atoms with Crippen molar-refractivity contribution < 1.29 is 4.58 Å². The van der Waals surface area contributed by atoms with E-state index in [1.165, 1.54) is 44.1 Å². The van der Waals surface area contributed by atoms with Crippen molar-refractivity contribution in [3.8, 4) is 0 Å². The number of azide groups is 1. The van der Waals surface area contributed by atoms with Gasteiger partial charge < -0.3 is 4.90 Å². The number of aryl methyl sites for hydroxylation is 1. The molecule has 0 fully saturated rings. The van der Waals surface area contributed by atoms with Gasteiger partial charge >= 0.3 is 0 Å². The number of rotatable bonds is 3. The largest absolute Gasteiger partial charge is 0.378 e. The van der Waals surface area contributed by atoms with Crippen molar-refractivity contribution in [2.24, 2.45) is 5.11 Å². The number of hydrogen-bond donors (Lipinski definition) is 0. The molecule has 0 aromatic heterocycles. The zero-order valence-corrected chi connectivity index (χ0v) is 20.9. The molecule has 6 heteroatoms. The number of benzene rings is 2. The maximum atomic E-state index is 8.99. The minimum atomic E-state index is -1.96. The van der Waals surface area contributed by atoms with Crippen LogP contribution in [0.3, 0.4) is 0 Å². The van der Waals surface area contributed by atoms with Gasteiger partial charge in [-0.1, -0.05) is 36.4 Å². The lowest BCUT2D eigenvalue weighted by Crippen LogP contribution is -2.49. The maximum absolute atomic E-state index is 8.99. The fourth-order valence-corrected chi connectivity index (χ4v) is 7.74. The maximum Gasteiger partial charge on any atom is 0.199 e. The highest BCUT2D eigenvalue weighted by molar-refractivity contribution is 6.98. The van der Waals surface area contributed by atoms with Gasteiger partial charge in [-0.05, 0) is 74.9 Å². The van der Waals surface area contributed by atoms with Crippen LogP contribution in [0.1, 0.15) is 16.7 Å². The van der Waals surface area contributed by atoms with Gasteiger partial charge in [-0.2, -0.15) is 0 Å². The second kappa shape index (κ2) is 7.97. The van der Waals surface area contributed by atoms with Crippen LogP contribution in [0.15, 0.2) is 70.5 Å². The van der Waals surface area contributed by atoms with Gasteiger partial charge in [0.1, 0.15) is 22.2 Å². The van der Waals surface area contributed by atoms with Crippen molar-refractivity contribution in [3.63, 3.8) is 0 Å². The van der Waals surface area contributed by atoms with Crippen molar-refractivity contribution in [1.29, 1.82) is 0 Å². The lowest BCUT2D eigenvalue weighted by atomic mass is 9.87. The first kappa shape index (κ1) is 21.9. The SMILES string of the molecule is Cc1ccc(N=[N+]=[N-])cc1C1=C2C=CC(=[N+](C)C)C=C2[Si](C)(C)c2cc(N(C)C)ccc21.